The van der Waals surface area contributed by atoms with E-state index >= 15 is 0 Å². The second-order valence-electron chi connectivity index (χ2n) is 6.52. The molecule has 7 nitrogen and oxygen atoms in total. The van der Waals surface area contributed by atoms with E-state index in [9.17, 15) is 26.4 Å². The van der Waals surface area contributed by atoms with Gasteiger partial charge in [-0.15, -0.1) is 24.5 Å². The number of ether oxygens (including phenoxy) is 1. The Morgan fingerprint density at radius 1 is 1.34 bits per heavy atom. The summed E-state index contributed by atoms with van der Waals surface area (Å²) in [6.07, 6.45) is -0.628. The van der Waals surface area contributed by atoms with Gasteiger partial charge in [0.05, 0.1) is 6.26 Å². The lowest BCUT2D eigenvalue weighted by Crippen LogP contribution is -2.42. The Bertz CT molecular complexity index is 975. The number of carbonyl (C=O) groups is 1. The molecular weight excluding hydrogens is 431 g/mol. The minimum Gasteiger partial charge on any atom is -0.406 e. The maximum atomic E-state index is 12.4. The van der Waals surface area contributed by atoms with Crippen LogP contribution in [0.15, 0.2) is 30.5 Å². The SMILES string of the molecule is CS(=O)(=O)N1CCCC1C(=O)Nc1ncc(Cc2ccc(OC(F)(F)F)cc2)s1. The van der Waals surface area contributed by atoms with E-state index in [-0.39, 0.29) is 5.75 Å². The lowest BCUT2D eigenvalue weighted by molar-refractivity contribution is -0.274. The summed E-state index contributed by atoms with van der Waals surface area (Å²) in [6.45, 7) is 0.314. The third-order valence-electron chi connectivity index (χ3n) is 4.25. The van der Waals surface area contributed by atoms with Gasteiger partial charge in [0.1, 0.15) is 11.8 Å². The Morgan fingerprint density at radius 3 is 2.66 bits per heavy atom. The molecule has 1 aliphatic rings. The van der Waals surface area contributed by atoms with Crippen LogP contribution < -0.4 is 10.1 Å². The fourth-order valence-electron chi connectivity index (χ4n) is 3.05. The van der Waals surface area contributed by atoms with Gasteiger partial charge in [0.2, 0.25) is 15.9 Å². The highest BCUT2D eigenvalue weighted by molar-refractivity contribution is 7.88. The van der Waals surface area contributed by atoms with Gasteiger partial charge < -0.3 is 10.1 Å². The van der Waals surface area contributed by atoms with Crippen LogP contribution in [-0.2, 0) is 21.2 Å². The van der Waals surface area contributed by atoms with E-state index in [0.29, 0.717) is 30.9 Å². The molecule has 0 saturated carbocycles. The molecule has 1 aromatic carbocycles. The maximum Gasteiger partial charge on any atom is 0.573 e. The quantitative estimate of drug-likeness (QED) is 0.733. The average Bonchev–Trinajstić information content (AvgIpc) is 3.24. The van der Waals surface area contributed by atoms with Gasteiger partial charge in [-0.25, -0.2) is 13.4 Å². The zero-order chi connectivity index (χ0) is 21.2. The minimum absolute atomic E-state index is 0.300. The molecule has 29 heavy (non-hydrogen) atoms. The van der Waals surface area contributed by atoms with Gasteiger partial charge in [-0.3, -0.25) is 4.79 Å². The summed E-state index contributed by atoms with van der Waals surface area (Å²) < 4.78 is 65.1. The molecule has 1 N–H and O–H groups in total. The minimum atomic E-state index is -4.74. The first kappa shape index (κ1) is 21.5. The molecule has 1 saturated heterocycles. The van der Waals surface area contributed by atoms with E-state index in [0.717, 1.165) is 16.7 Å². The number of halogens is 3. The second kappa shape index (κ2) is 8.28. The van der Waals surface area contributed by atoms with Crippen LogP contribution in [0.2, 0.25) is 0 Å². The van der Waals surface area contributed by atoms with E-state index in [1.54, 1.807) is 6.20 Å². The van der Waals surface area contributed by atoms with Gasteiger partial charge >= 0.3 is 6.36 Å². The van der Waals surface area contributed by atoms with Crippen LogP contribution >= 0.6 is 11.3 Å². The lowest BCUT2D eigenvalue weighted by atomic mass is 10.1. The van der Waals surface area contributed by atoms with Crippen molar-refractivity contribution in [2.24, 2.45) is 0 Å². The molecule has 1 amide bonds. The second-order valence-corrected chi connectivity index (χ2v) is 9.57. The first-order valence-electron chi connectivity index (χ1n) is 8.58. The molecule has 0 aliphatic carbocycles. The zero-order valence-electron chi connectivity index (χ0n) is 15.3. The van der Waals surface area contributed by atoms with Crippen molar-refractivity contribution in [1.29, 1.82) is 0 Å². The Kier molecular flexibility index (Phi) is 6.15. The zero-order valence-corrected chi connectivity index (χ0v) is 16.9. The highest BCUT2D eigenvalue weighted by Crippen LogP contribution is 2.26. The Morgan fingerprint density at radius 2 is 2.03 bits per heavy atom. The van der Waals surface area contributed by atoms with E-state index in [2.05, 4.69) is 15.0 Å². The van der Waals surface area contributed by atoms with Crippen molar-refractivity contribution in [3.05, 3.63) is 40.9 Å². The van der Waals surface area contributed by atoms with Crippen LogP contribution in [0, 0.1) is 0 Å². The predicted octanol–water partition coefficient (Wildman–Crippen LogP) is 3.00. The first-order chi connectivity index (χ1) is 13.5. The van der Waals surface area contributed by atoms with Crippen LogP contribution in [0.5, 0.6) is 5.75 Å². The molecule has 0 bridgehead atoms. The standard InChI is InChI=1S/C17H18F3N3O4S2/c1-29(25,26)23-8-2-3-14(23)15(24)22-16-21-10-13(28-16)9-11-4-6-12(7-5-11)27-17(18,19)20/h4-7,10,14H,2-3,8-9H2,1H3,(H,21,22,24). The molecule has 1 aromatic heterocycles. The maximum absolute atomic E-state index is 12.4. The van der Waals surface area contributed by atoms with Crippen molar-refractivity contribution in [3.63, 3.8) is 0 Å². The lowest BCUT2D eigenvalue weighted by Gasteiger charge is -2.20. The molecule has 0 radical (unpaired) electrons. The van der Waals surface area contributed by atoms with Crippen LogP contribution in [-0.4, -0.2) is 48.8 Å². The van der Waals surface area contributed by atoms with Gasteiger partial charge in [0.25, 0.3) is 0 Å². The monoisotopic (exact) mass is 449 g/mol. The number of sulfonamides is 1. The van der Waals surface area contributed by atoms with Crippen molar-refractivity contribution in [2.75, 3.05) is 18.1 Å². The normalized spacial score (nSPS) is 18.0. The Hall–Kier alpha value is -2.18. The molecule has 1 atom stereocenters. The van der Waals surface area contributed by atoms with Crippen LogP contribution in [0.25, 0.3) is 0 Å². The number of amides is 1. The molecule has 158 valence electrons. The third-order valence-corrected chi connectivity index (χ3v) is 6.45. The Balaban J connectivity index is 1.60. The van der Waals surface area contributed by atoms with Crippen molar-refractivity contribution >= 4 is 32.4 Å². The predicted molar refractivity (Wildman–Crippen MR) is 101 cm³/mol. The molecular formula is C17H18F3N3O4S2. The van der Waals surface area contributed by atoms with Gasteiger partial charge in [-0.05, 0) is 30.5 Å². The number of alkyl halides is 3. The smallest absolute Gasteiger partial charge is 0.406 e. The number of anilines is 1. The summed E-state index contributed by atoms with van der Waals surface area (Å²) in [7, 11) is -3.46. The van der Waals surface area contributed by atoms with E-state index in [1.807, 2.05) is 0 Å². The summed E-state index contributed by atoms with van der Waals surface area (Å²) in [4.78, 5) is 17.3. The summed E-state index contributed by atoms with van der Waals surface area (Å²) in [6, 6.07) is 4.74. The van der Waals surface area contributed by atoms with Crippen LogP contribution in [0.1, 0.15) is 23.3 Å². The summed E-state index contributed by atoms with van der Waals surface area (Å²) in [5, 5.41) is 2.98. The number of nitrogens with zero attached hydrogens (tertiary/aromatic N) is 2. The average molecular weight is 449 g/mol. The highest BCUT2D eigenvalue weighted by Gasteiger charge is 2.36. The first-order valence-corrected chi connectivity index (χ1v) is 11.2. The third kappa shape index (κ3) is 5.90. The molecule has 3 rings (SSSR count). The molecule has 1 fully saturated rings. The summed E-state index contributed by atoms with van der Waals surface area (Å²) >= 11 is 1.22. The highest BCUT2D eigenvalue weighted by atomic mass is 32.2. The van der Waals surface area contributed by atoms with Crippen molar-refractivity contribution < 1.29 is 31.1 Å². The van der Waals surface area contributed by atoms with E-state index in [1.165, 1.54) is 39.9 Å². The fourth-order valence-corrected chi connectivity index (χ4v) is 5.02. The van der Waals surface area contributed by atoms with Crippen molar-refractivity contribution in [3.8, 4) is 5.75 Å². The number of nitrogens with one attached hydrogen (secondary N) is 1. The van der Waals surface area contributed by atoms with Crippen molar-refractivity contribution in [1.82, 2.24) is 9.29 Å². The van der Waals surface area contributed by atoms with Crippen LogP contribution in [0.4, 0.5) is 18.3 Å². The number of benzene rings is 1. The fraction of sp³-hybridized carbons (Fsp3) is 0.412. The number of hydrogen-bond donors (Lipinski definition) is 1. The molecule has 12 heteroatoms. The molecule has 2 heterocycles. The van der Waals surface area contributed by atoms with Gasteiger partial charge in [0, 0.05) is 24.0 Å². The molecule has 2 aromatic rings. The number of rotatable bonds is 6. The molecule has 1 unspecified atom stereocenters. The van der Waals surface area contributed by atoms with Gasteiger partial charge in [-0.1, -0.05) is 12.1 Å². The molecule has 0 spiro atoms. The summed E-state index contributed by atoms with van der Waals surface area (Å²) in [5.41, 5.74) is 0.750. The topological polar surface area (TPSA) is 88.6 Å². The van der Waals surface area contributed by atoms with Gasteiger partial charge in [0.15, 0.2) is 5.13 Å². The van der Waals surface area contributed by atoms with Gasteiger partial charge in [-0.2, -0.15) is 4.31 Å². The molecule has 1 aliphatic heterocycles. The van der Waals surface area contributed by atoms with E-state index < -0.39 is 28.3 Å². The van der Waals surface area contributed by atoms with Crippen LogP contribution in [0.3, 0.4) is 0 Å². The summed E-state index contributed by atoms with van der Waals surface area (Å²) in [5.74, 6) is -0.729. The number of thiazole rings is 1. The Labute approximate surface area is 169 Å². The number of hydrogen-bond acceptors (Lipinski definition) is 6. The van der Waals surface area contributed by atoms with Crippen molar-refractivity contribution in [2.45, 2.75) is 31.7 Å². The van der Waals surface area contributed by atoms with E-state index in [4.69, 9.17) is 0 Å². The number of aromatic nitrogens is 1. The number of carbonyl (C=O) groups excluding carboxylic acids is 1. The largest absolute Gasteiger partial charge is 0.573 e.